The Morgan fingerprint density at radius 3 is 1.78 bits per heavy atom. The number of amides is 3. The number of nitrogen functional groups attached to an aromatic ring is 1. The largest absolute Gasteiger partial charge is 0.550 e. The Morgan fingerprint density at radius 1 is 0.740 bits per heavy atom. The van der Waals surface area contributed by atoms with Crippen LogP contribution in [0.1, 0.15) is 54.6 Å². The van der Waals surface area contributed by atoms with Crippen LogP contribution in [0.25, 0.3) is 11.2 Å². The van der Waals surface area contributed by atoms with E-state index in [1.54, 1.807) is 0 Å². The zero-order valence-electron chi connectivity index (χ0n) is 25.9. The fourth-order valence-corrected chi connectivity index (χ4v) is 4.32. The number of hydrogen-bond acceptors (Lipinski definition) is 17. The number of aliphatic carboxylic acids is 4. The summed E-state index contributed by atoms with van der Waals surface area (Å²) >= 11 is 0. The number of aromatic amines is 1. The van der Waals surface area contributed by atoms with Gasteiger partial charge in [-0.15, -0.1) is 0 Å². The molecular formula is C29H29N9O12-4. The minimum absolute atomic E-state index is 0.00898. The van der Waals surface area contributed by atoms with Crippen LogP contribution < -0.4 is 53.0 Å². The number of H-pyrrole nitrogens is 1. The summed E-state index contributed by atoms with van der Waals surface area (Å²) in [6, 6.07) is 0.666. The molecule has 0 unspecified atom stereocenters. The van der Waals surface area contributed by atoms with Crippen LogP contribution in [0.5, 0.6) is 0 Å². The Balaban J connectivity index is 1.49. The number of carbonyl (C=O) groups is 7. The van der Waals surface area contributed by atoms with Crippen molar-refractivity contribution in [1.29, 1.82) is 0 Å². The van der Waals surface area contributed by atoms with Gasteiger partial charge in [-0.2, -0.15) is 4.98 Å². The van der Waals surface area contributed by atoms with Gasteiger partial charge in [0.1, 0.15) is 0 Å². The molecule has 0 saturated heterocycles. The van der Waals surface area contributed by atoms with Crippen molar-refractivity contribution in [3.63, 3.8) is 0 Å². The van der Waals surface area contributed by atoms with E-state index in [0.717, 1.165) is 0 Å². The third-order valence-corrected chi connectivity index (χ3v) is 6.89. The van der Waals surface area contributed by atoms with Crippen molar-refractivity contribution in [1.82, 2.24) is 35.9 Å². The van der Waals surface area contributed by atoms with Crippen LogP contribution in [0.15, 0.2) is 35.3 Å². The normalized spacial score (nSPS) is 12.6. The van der Waals surface area contributed by atoms with Gasteiger partial charge < -0.3 is 66.6 Å². The summed E-state index contributed by atoms with van der Waals surface area (Å²) in [5.41, 5.74) is 5.95. The van der Waals surface area contributed by atoms with Gasteiger partial charge in [0.2, 0.25) is 17.8 Å². The van der Waals surface area contributed by atoms with Crippen LogP contribution in [0.3, 0.4) is 0 Å². The van der Waals surface area contributed by atoms with Crippen LogP contribution in [-0.2, 0) is 35.3 Å². The molecule has 0 bridgehead atoms. The fourth-order valence-electron chi connectivity index (χ4n) is 4.32. The summed E-state index contributed by atoms with van der Waals surface area (Å²) < 4.78 is 0. The van der Waals surface area contributed by atoms with Gasteiger partial charge in [-0.25, -0.2) is 9.97 Å². The van der Waals surface area contributed by atoms with E-state index in [4.69, 9.17) is 5.73 Å². The van der Waals surface area contributed by atoms with E-state index < -0.39 is 104 Å². The van der Waals surface area contributed by atoms with Gasteiger partial charge in [-0.1, -0.05) is 0 Å². The molecule has 2 heterocycles. The van der Waals surface area contributed by atoms with Crippen molar-refractivity contribution in [2.24, 2.45) is 0 Å². The fraction of sp³-hybridized carbons (Fsp3) is 0.345. The van der Waals surface area contributed by atoms with Gasteiger partial charge in [0.05, 0.1) is 54.5 Å². The SMILES string of the molecule is Nc1nc2ncc(CNc3ccc(C(=O)N[C@@H](CCC(=O)N[C@@H](CCC(=O)N[C@@H](CCC(=O)[O-])C(=O)[O-])C(=O)[O-])C(=O)[O-])cc3)nc2c(=O)[nH]1. The molecule has 0 fully saturated rings. The van der Waals surface area contributed by atoms with E-state index in [9.17, 15) is 58.8 Å². The van der Waals surface area contributed by atoms with Crippen LogP contribution in [0.2, 0.25) is 0 Å². The van der Waals surface area contributed by atoms with Crippen molar-refractivity contribution in [3.8, 4) is 0 Å². The summed E-state index contributed by atoms with van der Waals surface area (Å²) in [5.74, 6) is -9.76. The van der Waals surface area contributed by atoms with Crippen LogP contribution >= 0.6 is 0 Å². The number of fused-ring (bicyclic) bond motifs is 1. The number of nitrogens with zero attached hydrogens (tertiary/aromatic N) is 3. The van der Waals surface area contributed by atoms with Crippen LogP contribution in [0, 0.1) is 0 Å². The predicted octanol–water partition coefficient (Wildman–Crippen LogP) is -6.68. The molecule has 0 spiro atoms. The average Bonchev–Trinajstić information content (AvgIpc) is 3.05. The third-order valence-electron chi connectivity index (χ3n) is 6.89. The Hall–Kier alpha value is -6.67. The van der Waals surface area contributed by atoms with E-state index in [2.05, 4.69) is 30.6 Å². The van der Waals surface area contributed by atoms with E-state index in [0.29, 0.717) is 11.4 Å². The summed E-state index contributed by atoms with van der Waals surface area (Å²) in [4.78, 5) is 108. The molecule has 0 radical (unpaired) electrons. The zero-order chi connectivity index (χ0) is 37.0. The second-order valence-electron chi connectivity index (χ2n) is 10.6. The first-order valence-corrected chi connectivity index (χ1v) is 14.7. The summed E-state index contributed by atoms with van der Waals surface area (Å²) in [6.07, 6.45) is -2.13. The molecular weight excluding hydrogens is 666 g/mol. The molecule has 0 aliphatic rings. The number of nitrogens with one attached hydrogen (secondary N) is 5. The Kier molecular flexibility index (Phi) is 13.2. The smallest absolute Gasteiger partial charge is 0.280 e. The Morgan fingerprint density at radius 2 is 1.26 bits per heavy atom. The Bertz CT molecular complexity index is 1830. The molecule has 21 nitrogen and oxygen atoms in total. The molecule has 3 rings (SSSR count). The first kappa shape index (κ1) is 37.8. The number of carboxylic acid groups (broad SMARTS) is 4. The van der Waals surface area contributed by atoms with Crippen molar-refractivity contribution in [2.45, 2.75) is 63.2 Å². The van der Waals surface area contributed by atoms with Gasteiger partial charge in [0, 0.05) is 30.1 Å². The first-order valence-electron chi connectivity index (χ1n) is 14.7. The molecule has 0 aliphatic heterocycles. The summed E-state index contributed by atoms with van der Waals surface area (Å²) in [7, 11) is 0. The highest BCUT2D eigenvalue weighted by Gasteiger charge is 2.21. The maximum Gasteiger partial charge on any atom is 0.280 e. The highest BCUT2D eigenvalue weighted by atomic mass is 16.4. The number of benzene rings is 1. The number of carboxylic acids is 4. The maximum absolute atomic E-state index is 12.7. The van der Waals surface area contributed by atoms with Gasteiger partial charge in [-0.3, -0.25) is 24.2 Å². The summed E-state index contributed by atoms with van der Waals surface area (Å²) in [6.45, 7) is 0.134. The minimum Gasteiger partial charge on any atom is -0.550 e. The molecule has 3 atom stereocenters. The second kappa shape index (κ2) is 17.5. The standard InChI is InChI=1S/C29H33N9O12/c30-29-37-23-22(25(44)38-29)33-15(12-32-23)11-31-14-3-1-13(2-4-14)24(43)36-18(28(49)50)6-9-20(40)34-16(26(45)46)5-8-19(39)35-17(27(47)48)7-10-21(41)42/h1-4,12,16-18,31H,5-11H2,(H,34,40)(H,35,39)(H,36,43)(H,41,42)(H,45,46)(H,47,48)(H,49,50)(H3,30,32,37,38,44)/p-4/t16-,17-,18-/m0/s1. The highest BCUT2D eigenvalue weighted by molar-refractivity contribution is 5.96. The van der Waals surface area contributed by atoms with E-state index in [1.807, 2.05) is 10.6 Å². The van der Waals surface area contributed by atoms with Gasteiger partial charge in [0.15, 0.2) is 11.2 Å². The molecule has 2 aromatic heterocycles. The average molecular weight is 696 g/mol. The molecule has 7 N–H and O–H groups in total. The zero-order valence-corrected chi connectivity index (χ0v) is 25.9. The van der Waals surface area contributed by atoms with Gasteiger partial charge in [0.25, 0.3) is 11.5 Å². The topological polar surface area (TPSA) is 357 Å². The third kappa shape index (κ3) is 11.5. The van der Waals surface area contributed by atoms with E-state index in [-0.39, 0.29) is 29.2 Å². The lowest BCUT2D eigenvalue weighted by atomic mass is 10.1. The van der Waals surface area contributed by atoms with Crippen molar-refractivity contribution >= 4 is 64.4 Å². The molecule has 3 aromatic rings. The van der Waals surface area contributed by atoms with Crippen molar-refractivity contribution in [2.75, 3.05) is 11.1 Å². The number of carbonyl (C=O) groups excluding carboxylic acids is 7. The minimum atomic E-state index is -1.80. The second-order valence-corrected chi connectivity index (χ2v) is 10.6. The van der Waals surface area contributed by atoms with Gasteiger partial charge in [-0.05, 0) is 49.9 Å². The predicted molar refractivity (Wildman–Crippen MR) is 159 cm³/mol. The number of anilines is 2. The molecule has 1 aromatic carbocycles. The maximum atomic E-state index is 12.7. The van der Waals surface area contributed by atoms with Crippen molar-refractivity contribution < 1.29 is 54.0 Å². The molecule has 0 saturated carbocycles. The monoisotopic (exact) mass is 695 g/mol. The lowest BCUT2D eigenvalue weighted by molar-refractivity contribution is -0.311. The Labute approximate surface area is 280 Å². The highest BCUT2D eigenvalue weighted by Crippen LogP contribution is 2.12. The number of nitrogens with two attached hydrogens (primary N) is 1. The number of aromatic nitrogens is 4. The van der Waals surface area contributed by atoms with E-state index in [1.165, 1.54) is 30.5 Å². The molecule has 21 heteroatoms. The molecule has 50 heavy (non-hydrogen) atoms. The molecule has 266 valence electrons. The van der Waals surface area contributed by atoms with Crippen LogP contribution in [-0.4, -0.2) is 79.7 Å². The first-order chi connectivity index (χ1) is 23.6. The van der Waals surface area contributed by atoms with Crippen molar-refractivity contribution in [3.05, 3.63) is 52.1 Å². The lowest BCUT2D eigenvalue weighted by Gasteiger charge is -2.23. The number of hydrogen-bond donors (Lipinski definition) is 6. The number of rotatable bonds is 19. The quantitative estimate of drug-likeness (QED) is 0.0678. The van der Waals surface area contributed by atoms with Crippen LogP contribution in [0.4, 0.5) is 11.6 Å². The molecule has 0 aliphatic carbocycles. The van der Waals surface area contributed by atoms with Gasteiger partial charge >= 0.3 is 0 Å². The molecule has 3 amide bonds. The summed E-state index contributed by atoms with van der Waals surface area (Å²) in [5, 5.41) is 54.0. The van der Waals surface area contributed by atoms with E-state index >= 15 is 0 Å². The lowest BCUT2D eigenvalue weighted by Crippen LogP contribution is -2.51.